The smallest absolute Gasteiger partial charge is 0.416 e. The zero-order valence-electron chi connectivity index (χ0n) is 13.0. The largest absolute Gasteiger partial charge is 0.493 e. The molecule has 130 valence electrons. The van der Waals surface area contributed by atoms with E-state index in [-0.39, 0.29) is 11.6 Å². The third-order valence-electron chi connectivity index (χ3n) is 3.32. The van der Waals surface area contributed by atoms with Crippen molar-refractivity contribution in [1.29, 1.82) is 0 Å². The number of hydrogen-bond donors (Lipinski definition) is 1. The summed E-state index contributed by atoms with van der Waals surface area (Å²) in [6.07, 6.45) is -0.299. The number of rotatable bonds is 4. The molecule has 0 saturated heterocycles. The number of imidazole rings is 1. The van der Waals surface area contributed by atoms with Gasteiger partial charge in [-0.2, -0.15) is 13.2 Å². The molecule has 0 aliphatic rings. The lowest BCUT2D eigenvalue weighted by atomic mass is 10.2. The van der Waals surface area contributed by atoms with Gasteiger partial charge in [-0.3, -0.25) is 0 Å². The molecule has 2 aromatic heterocycles. The standard InChI is InChI=1S/C16H13F3N4O2/c1-24-13-7-11(23-8-14(20)22-9-23)2-3-12(13)25-15-6-10(4-5-21-15)16(17,18)19/h2-9H,20H2,1H3. The van der Waals surface area contributed by atoms with Crippen molar-refractivity contribution >= 4 is 5.82 Å². The van der Waals surface area contributed by atoms with Gasteiger partial charge < -0.3 is 19.8 Å². The van der Waals surface area contributed by atoms with Gasteiger partial charge in [0, 0.05) is 18.3 Å². The molecule has 0 saturated carbocycles. The first-order chi connectivity index (χ1) is 11.9. The molecule has 0 spiro atoms. The lowest BCUT2D eigenvalue weighted by Gasteiger charge is -2.13. The van der Waals surface area contributed by atoms with Crippen LogP contribution < -0.4 is 15.2 Å². The van der Waals surface area contributed by atoms with E-state index < -0.39 is 11.7 Å². The number of halogens is 3. The first kappa shape index (κ1) is 16.6. The van der Waals surface area contributed by atoms with Crippen molar-refractivity contribution in [3.8, 4) is 23.1 Å². The minimum Gasteiger partial charge on any atom is -0.493 e. The molecule has 0 atom stereocenters. The second-order valence-electron chi connectivity index (χ2n) is 5.02. The Balaban J connectivity index is 1.90. The average Bonchev–Trinajstić information content (AvgIpc) is 3.01. The molecule has 0 fully saturated rings. The topological polar surface area (TPSA) is 75.2 Å². The van der Waals surface area contributed by atoms with Crippen LogP contribution >= 0.6 is 0 Å². The first-order valence-electron chi connectivity index (χ1n) is 7.06. The number of nitrogen functional groups attached to an aromatic ring is 1. The summed E-state index contributed by atoms with van der Waals surface area (Å²) in [5, 5.41) is 0. The Morgan fingerprint density at radius 1 is 1.08 bits per heavy atom. The highest BCUT2D eigenvalue weighted by atomic mass is 19.4. The van der Waals surface area contributed by atoms with Crippen molar-refractivity contribution in [2.45, 2.75) is 6.18 Å². The molecular formula is C16H13F3N4O2. The zero-order valence-corrected chi connectivity index (χ0v) is 13.0. The quantitative estimate of drug-likeness (QED) is 0.777. The molecule has 25 heavy (non-hydrogen) atoms. The van der Waals surface area contributed by atoms with Crippen molar-refractivity contribution in [3.63, 3.8) is 0 Å². The average molecular weight is 350 g/mol. The molecule has 0 aliphatic heterocycles. The van der Waals surface area contributed by atoms with Crippen LogP contribution in [0.15, 0.2) is 49.1 Å². The Labute approximate surface area is 140 Å². The monoisotopic (exact) mass is 350 g/mol. The molecule has 1 aromatic carbocycles. The predicted octanol–water partition coefficient (Wildman–Crippen LogP) is 3.67. The highest BCUT2D eigenvalue weighted by molar-refractivity contribution is 5.50. The van der Waals surface area contributed by atoms with E-state index in [0.29, 0.717) is 17.3 Å². The second kappa shape index (κ2) is 6.34. The van der Waals surface area contributed by atoms with E-state index in [1.54, 1.807) is 29.0 Å². The summed E-state index contributed by atoms with van der Waals surface area (Å²) in [5.41, 5.74) is 5.43. The number of alkyl halides is 3. The predicted molar refractivity (Wildman–Crippen MR) is 83.8 cm³/mol. The Kier molecular flexibility index (Phi) is 4.22. The van der Waals surface area contributed by atoms with Crippen molar-refractivity contribution < 1.29 is 22.6 Å². The molecule has 2 heterocycles. The Morgan fingerprint density at radius 3 is 2.52 bits per heavy atom. The number of anilines is 1. The Bertz CT molecular complexity index is 893. The van der Waals surface area contributed by atoms with Gasteiger partial charge >= 0.3 is 6.18 Å². The van der Waals surface area contributed by atoms with E-state index in [2.05, 4.69) is 9.97 Å². The molecule has 3 rings (SSSR count). The van der Waals surface area contributed by atoms with E-state index in [9.17, 15) is 13.2 Å². The summed E-state index contributed by atoms with van der Waals surface area (Å²) in [6, 6.07) is 6.59. The number of ether oxygens (including phenoxy) is 2. The highest BCUT2D eigenvalue weighted by Gasteiger charge is 2.31. The van der Waals surface area contributed by atoms with Crippen LogP contribution in [0.3, 0.4) is 0 Å². The molecule has 6 nitrogen and oxygen atoms in total. The summed E-state index contributed by atoms with van der Waals surface area (Å²) in [6.45, 7) is 0. The van der Waals surface area contributed by atoms with Crippen molar-refractivity contribution in [2.24, 2.45) is 0 Å². The van der Waals surface area contributed by atoms with Crippen LogP contribution in [0.25, 0.3) is 5.69 Å². The van der Waals surface area contributed by atoms with Gasteiger partial charge in [0.1, 0.15) is 12.1 Å². The van der Waals surface area contributed by atoms with E-state index >= 15 is 0 Å². The molecule has 0 amide bonds. The molecular weight excluding hydrogens is 337 g/mol. The molecule has 0 bridgehead atoms. The summed E-state index contributed by atoms with van der Waals surface area (Å²) < 4.78 is 50.7. The number of nitrogens with zero attached hydrogens (tertiary/aromatic N) is 3. The molecule has 0 unspecified atom stereocenters. The maximum absolute atomic E-state index is 12.8. The lowest BCUT2D eigenvalue weighted by Crippen LogP contribution is -2.05. The number of nitrogens with two attached hydrogens (primary N) is 1. The van der Waals surface area contributed by atoms with Gasteiger partial charge in [0.15, 0.2) is 11.5 Å². The number of benzene rings is 1. The normalized spacial score (nSPS) is 11.4. The lowest BCUT2D eigenvalue weighted by molar-refractivity contribution is -0.137. The molecule has 0 radical (unpaired) electrons. The maximum Gasteiger partial charge on any atom is 0.416 e. The minimum absolute atomic E-state index is 0.187. The van der Waals surface area contributed by atoms with Gasteiger partial charge in [0.2, 0.25) is 5.88 Å². The highest BCUT2D eigenvalue weighted by Crippen LogP contribution is 2.35. The molecule has 0 aliphatic carbocycles. The van der Waals surface area contributed by atoms with Gasteiger partial charge in [0.25, 0.3) is 0 Å². The van der Waals surface area contributed by atoms with E-state index in [0.717, 1.165) is 18.3 Å². The Morgan fingerprint density at radius 2 is 1.88 bits per heavy atom. The summed E-state index contributed by atoms with van der Waals surface area (Å²) >= 11 is 0. The third kappa shape index (κ3) is 3.65. The third-order valence-corrected chi connectivity index (χ3v) is 3.32. The summed E-state index contributed by atoms with van der Waals surface area (Å²) in [4.78, 5) is 7.72. The fraction of sp³-hybridized carbons (Fsp3) is 0.125. The van der Waals surface area contributed by atoms with Crippen LogP contribution in [0, 0.1) is 0 Å². The number of aromatic nitrogens is 3. The van der Waals surface area contributed by atoms with Crippen LogP contribution in [0.2, 0.25) is 0 Å². The van der Waals surface area contributed by atoms with Gasteiger partial charge in [-0.15, -0.1) is 0 Å². The minimum atomic E-state index is -4.48. The molecule has 3 aromatic rings. The van der Waals surface area contributed by atoms with Gasteiger partial charge in [-0.1, -0.05) is 0 Å². The zero-order chi connectivity index (χ0) is 18.0. The van der Waals surface area contributed by atoms with Crippen molar-refractivity contribution in [1.82, 2.24) is 14.5 Å². The number of pyridine rings is 1. The van der Waals surface area contributed by atoms with Crippen LogP contribution in [-0.4, -0.2) is 21.6 Å². The second-order valence-corrected chi connectivity index (χ2v) is 5.02. The molecule has 2 N–H and O–H groups in total. The van der Waals surface area contributed by atoms with E-state index in [1.165, 1.54) is 13.4 Å². The van der Waals surface area contributed by atoms with Gasteiger partial charge in [0.05, 0.1) is 24.6 Å². The van der Waals surface area contributed by atoms with Gasteiger partial charge in [-0.25, -0.2) is 9.97 Å². The fourth-order valence-electron chi connectivity index (χ4n) is 2.13. The van der Waals surface area contributed by atoms with Crippen LogP contribution in [0.1, 0.15) is 5.56 Å². The summed E-state index contributed by atoms with van der Waals surface area (Å²) in [5.74, 6) is 0.718. The number of hydrogen-bond acceptors (Lipinski definition) is 5. The van der Waals surface area contributed by atoms with Crippen molar-refractivity contribution in [3.05, 3.63) is 54.6 Å². The molecule has 9 heteroatoms. The first-order valence-corrected chi connectivity index (χ1v) is 7.06. The summed E-state index contributed by atoms with van der Waals surface area (Å²) in [7, 11) is 1.42. The van der Waals surface area contributed by atoms with E-state index in [1.807, 2.05) is 0 Å². The van der Waals surface area contributed by atoms with Crippen LogP contribution in [0.5, 0.6) is 17.4 Å². The maximum atomic E-state index is 12.8. The SMILES string of the molecule is COc1cc(-n2cnc(N)c2)ccc1Oc1cc(C(F)(F)F)ccn1. The Hall–Kier alpha value is -3.23. The van der Waals surface area contributed by atoms with Crippen LogP contribution in [0.4, 0.5) is 19.0 Å². The number of methoxy groups -OCH3 is 1. The van der Waals surface area contributed by atoms with Crippen molar-refractivity contribution in [2.75, 3.05) is 12.8 Å². The van der Waals surface area contributed by atoms with Crippen LogP contribution in [-0.2, 0) is 6.18 Å². The fourth-order valence-corrected chi connectivity index (χ4v) is 2.13. The van der Waals surface area contributed by atoms with Gasteiger partial charge in [-0.05, 0) is 18.2 Å². The van der Waals surface area contributed by atoms with E-state index in [4.69, 9.17) is 15.2 Å².